The van der Waals surface area contributed by atoms with Crippen molar-refractivity contribution in [1.29, 1.82) is 0 Å². The fourth-order valence-electron chi connectivity index (χ4n) is 11.4. The van der Waals surface area contributed by atoms with Gasteiger partial charge in [-0.15, -0.1) is 22.7 Å². The predicted octanol–water partition coefficient (Wildman–Crippen LogP) is 16.9. The maximum Gasteiger partial charge on any atom is 0.342 e. The Hall–Kier alpha value is -6.80. The SMILES string of the molecule is Cc1ccc(-c2cc3ccccc3s2)c(C)c1N1c2cccc3c2B(c2oc4ccc(C(C)(C)C)cc4c21)c1oc2ccc(C(C)(C)C)cc2c1N3c1c(C)ccc(-c2cc3ccccc3s2)c1C. The average Bonchev–Trinajstić information content (AvgIpc) is 4.12. The van der Waals surface area contributed by atoms with Crippen molar-refractivity contribution in [3.8, 4) is 20.9 Å². The second-order valence-corrected chi connectivity index (χ2v) is 23.6. The molecule has 0 radical (unpaired) electrons. The van der Waals surface area contributed by atoms with E-state index in [4.69, 9.17) is 8.83 Å². The van der Waals surface area contributed by atoms with Gasteiger partial charge in [0.05, 0.1) is 22.7 Å². The number of rotatable bonds is 4. The zero-order chi connectivity index (χ0) is 47.4. The van der Waals surface area contributed by atoms with E-state index in [1.54, 1.807) is 0 Å². The number of benzene rings is 7. The number of hydrogen-bond acceptors (Lipinski definition) is 6. The summed E-state index contributed by atoms with van der Waals surface area (Å²) in [5.74, 6) is 0. The third-order valence-electron chi connectivity index (χ3n) is 15.0. The van der Waals surface area contributed by atoms with Gasteiger partial charge in [0.25, 0.3) is 0 Å². The van der Waals surface area contributed by atoms with Crippen molar-refractivity contribution >= 4 is 122 Å². The lowest BCUT2D eigenvalue weighted by molar-refractivity contribution is 0.590. The van der Waals surface area contributed by atoms with Crippen molar-refractivity contribution in [3.05, 3.63) is 173 Å². The molecule has 0 aliphatic carbocycles. The molecule has 0 saturated heterocycles. The Morgan fingerprint density at radius 1 is 0.449 bits per heavy atom. The van der Waals surface area contributed by atoms with E-state index in [2.05, 4.69) is 219 Å². The molecule has 7 heteroatoms. The summed E-state index contributed by atoms with van der Waals surface area (Å²) in [5.41, 5.74) is 21.3. The monoisotopic (exact) mass is 932 g/mol. The van der Waals surface area contributed by atoms with Crippen LogP contribution in [0, 0.1) is 27.7 Å². The summed E-state index contributed by atoms with van der Waals surface area (Å²) in [6.07, 6.45) is 0. The summed E-state index contributed by atoms with van der Waals surface area (Å²) < 4.78 is 17.4. The van der Waals surface area contributed by atoms with Gasteiger partial charge in [-0.1, -0.05) is 120 Å². The lowest BCUT2D eigenvalue weighted by atomic mass is 9.37. The number of thiophene rings is 2. The Morgan fingerprint density at radius 2 is 0.884 bits per heavy atom. The van der Waals surface area contributed by atoms with Gasteiger partial charge >= 0.3 is 6.71 Å². The van der Waals surface area contributed by atoms with Crippen molar-refractivity contribution in [2.24, 2.45) is 0 Å². The van der Waals surface area contributed by atoms with Gasteiger partial charge in [-0.2, -0.15) is 0 Å². The van der Waals surface area contributed by atoms with Crippen LogP contribution in [0.2, 0.25) is 0 Å². The summed E-state index contributed by atoms with van der Waals surface area (Å²) in [5, 5.41) is 4.76. The number of fused-ring (bicyclic) bond motifs is 10. The second kappa shape index (κ2) is 14.9. The summed E-state index contributed by atoms with van der Waals surface area (Å²) in [6, 6.07) is 52.0. The van der Waals surface area contributed by atoms with Crippen LogP contribution < -0.4 is 26.6 Å². The zero-order valence-corrected chi connectivity index (χ0v) is 42.5. The number of aryl methyl sites for hydroxylation is 2. The topological polar surface area (TPSA) is 32.8 Å². The third-order valence-corrected chi connectivity index (χ3v) is 17.3. The molecular formula is C62H53BN2O2S2. The molecule has 0 amide bonds. The summed E-state index contributed by atoms with van der Waals surface area (Å²) in [4.78, 5) is 7.65. The highest BCUT2D eigenvalue weighted by atomic mass is 32.1. The first-order valence-electron chi connectivity index (χ1n) is 24.2. The predicted molar refractivity (Wildman–Crippen MR) is 298 cm³/mol. The van der Waals surface area contributed by atoms with E-state index >= 15 is 0 Å². The molecule has 0 saturated carbocycles. The number of anilines is 6. The van der Waals surface area contributed by atoms with Crippen LogP contribution in [0.15, 0.2) is 148 Å². The summed E-state index contributed by atoms with van der Waals surface area (Å²) in [7, 11) is 0. The molecule has 69 heavy (non-hydrogen) atoms. The highest BCUT2D eigenvalue weighted by Crippen LogP contribution is 2.53. The van der Waals surface area contributed by atoms with Gasteiger partial charge < -0.3 is 18.6 Å². The molecule has 11 aromatic rings. The van der Waals surface area contributed by atoms with Gasteiger partial charge in [-0.3, -0.25) is 0 Å². The van der Waals surface area contributed by atoms with Crippen LogP contribution in [0.25, 0.3) is 63.0 Å². The van der Waals surface area contributed by atoms with E-state index in [9.17, 15) is 0 Å². The van der Waals surface area contributed by atoms with Crippen LogP contribution in [0.4, 0.5) is 34.1 Å². The van der Waals surface area contributed by atoms with E-state index in [-0.39, 0.29) is 17.5 Å². The molecule has 0 fully saturated rings. The van der Waals surface area contributed by atoms with Crippen molar-refractivity contribution in [2.75, 3.05) is 9.80 Å². The highest BCUT2D eigenvalue weighted by molar-refractivity contribution is 7.22. The van der Waals surface area contributed by atoms with E-state index in [0.717, 1.165) is 56.0 Å². The molecule has 2 aliphatic heterocycles. The molecule has 6 heterocycles. The van der Waals surface area contributed by atoms with Gasteiger partial charge in [0.1, 0.15) is 22.5 Å². The second-order valence-electron chi connectivity index (χ2n) is 21.5. The fourth-order valence-corrected chi connectivity index (χ4v) is 13.7. The zero-order valence-electron chi connectivity index (χ0n) is 40.9. The molecule has 0 atom stereocenters. The first kappa shape index (κ1) is 42.3. The Kier molecular flexibility index (Phi) is 9.11. The van der Waals surface area contributed by atoms with Crippen molar-refractivity contribution in [1.82, 2.24) is 0 Å². The minimum atomic E-state index is -0.317. The molecule has 338 valence electrons. The smallest absolute Gasteiger partial charge is 0.342 e. The maximum atomic E-state index is 7.40. The van der Waals surface area contributed by atoms with Crippen LogP contribution in [-0.2, 0) is 10.8 Å². The Morgan fingerprint density at radius 3 is 1.30 bits per heavy atom. The fraction of sp³-hybridized carbons (Fsp3) is 0.194. The molecule has 0 N–H and O–H groups in total. The Bertz CT molecular complexity index is 3640. The molecule has 7 aromatic carbocycles. The number of nitrogens with zero attached hydrogens (tertiary/aromatic N) is 2. The van der Waals surface area contributed by atoms with Gasteiger partial charge in [-0.25, -0.2) is 0 Å². The van der Waals surface area contributed by atoms with Gasteiger partial charge in [-0.05, 0) is 160 Å². The Balaban J connectivity index is 1.14. The number of hydrogen-bond donors (Lipinski definition) is 0. The molecule has 0 bridgehead atoms. The van der Waals surface area contributed by atoms with Gasteiger partial charge in [0.2, 0.25) is 0 Å². The van der Waals surface area contributed by atoms with E-state index < -0.39 is 0 Å². The molecule has 4 aromatic heterocycles. The van der Waals surface area contributed by atoms with E-state index in [1.807, 2.05) is 22.7 Å². The highest BCUT2D eigenvalue weighted by Gasteiger charge is 2.50. The van der Waals surface area contributed by atoms with E-state index in [0.29, 0.717) is 0 Å². The minimum Gasteiger partial charge on any atom is -0.468 e. The number of furan rings is 2. The van der Waals surface area contributed by atoms with E-state index in [1.165, 1.54) is 91.3 Å². The molecule has 13 rings (SSSR count). The first-order valence-corrected chi connectivity index (χ1v) is 25.8. The van der Waals surface area contributed by atoms with Crippen LogP contribution >= 0.6 is 22.7 Å². The van der Waals surface area contributed by atoms with Gasteiger partial charge in [0, 0.05) is 41.3 Å². The van der Waals surface area contributed by atoms with Gasteiger partial charge in [0.15, 0.2) is 0 Å². The lowest BCUT2D eigenvalue weighted by Crippen LogP contribution is -2.60. The summed E-state index contributed by atoms with van der Waals surface area (Å²) >= 11 is 3.73. The third kappa shape index (κ3) is 6.25. The van der Waals surface area contributed by atoms with Crippen molar-refractivity contribution < 1.29 is 8.83 Å². The standard InChI is InChI=1S/C62H53BN2O2S2/c1-34-22-26-42(52-30-38-16-11-13-20-50(38)68-52)36(3)55(34)64-46-18-15-19-47-54(46)63(59-57(64)44-32-40(61(5,6)7)24-28-48(44)66-59)60-58(45-33-41(62(8,9)10)25-29-49(45)67-60)65(47)56-35(2)23-27-43(37(56)4)53-31-39-17-12-14-21-51(39)69-53/h11-33H,1-10H3. The maximum absolute atomic E-state index is 7.40. The quantitative estimate of drug-likeness (QED) is 0.165. The van der Waals surface area contributed by atoms with Crippen LogP contribution in [0.5, 0.6) is 0 Å². The normalized spacial score (nSPS) is 13.6. The Labute approximate surface area is 412 Å². The van der Waals surface area contributed by atoms with Crippen LogP contribution in [0.3, 0.4) is 0 Å². The molecule has 2 aliphatic rings. The molecule has 4 nitrogen and oxygen atoms in total. The van der Waals surface area contributed by atoms with Crippen molar-refractivity contribution in [2.45, 2.75) is 80.1 Å². The molecule has 0 unspecified atom stereocenters. The van der Waals surface area contributed by atoms with Crippen molar-refractivity contribution in [3.63, 3.8) is 0 Å². The molecule has 0 spiro atoms. The minimum absolute atomic E-state index is 0.0715. The van der Waals surface area contributed by atoms with Crippen LogP contribution in [-0.4, -0.2) is 6.71 Å². The average molecular weight is 933 g/mol. The first-order chi connectivity index (χ1) is 33.1. The van der Waals surface area contributed by atoms with Crippen LogP contribution in [0.1, 0.15) is 74.9 Å². The largest absolute Gasteiger partial charge is 0.468 e. The molecular weight excluding hydrogens is 880 g/mol. The summed E-state index contributed by atoms with van der Waals surface area (Å²) in [6.45, 7) is 22.6. The lowest BCUT2D eigenvalue weighted by Gasteiger charge is -2.42.